The largest absolute Gasteiger partial charge is 0.470 e. The van der Waals surface area contributed by atoms with Gasteiger partial charge in [-0.1, -0.05) is 0 Å². The Hall–Kier alpha value is -3.96. The maximum Gasteiger partial charge on any atom is 0.207 e. The highest BCUT2D eigenvalue weighted by Crippen LogP contribution is 2.23. The summed E-state index contributed by atoms with van der Waals surface area (Å²) in [4.78, 5) is 19.8. The van der Waals surface area contributed by atoms with Gasteiger partial charge < -0.3 is 30.5 Å². The molecule has 0 aliphatic carbocycles. The van der Waals surface area contributed by atoms with Crippen LogP contribution in [0.1, 0.15) is 24.5 Å². The highest BCUT2D eigenvalue weighted by Gasteiger charge is 2.24. The van der Waals surface area contributed by atoms with Gasteiger partial charge in [-0.05, 0) is 20.8 Å². The Morgan fingerprint density at radius 2 is 1.71 bits per heavy atom. The zero-order valence-corrected chi connectivity index (χ0v) is 17.6. The minimum atomic E-state index is -0.390. The van der Waals surface area contributed by atoms with Crippen LogP contribution in [-0.2, 0) is 0 Å². The van der Waals surface area contributed by atoms with Crippen LogP contribution in [0, 0.1) is 13.8 Å². The Bertz CT molecular complexity index is 1060. The number of aryl methyl sites for hydroxylation is 2. The van der Waals surface area contributed by atoms with Crippen molar-refractivity contribution >= 4 is 35.2 Å². The Morgan fingerprint density at radius 1 is 0.968 bits per heavy atom. The van der Waals surface area contributed by atoms with Gasteiger partial charge in [-0.3, -0.25) is 10.6 Å². The van der Waals surface area contributed by atoms with Crippen molar-refractivity contribution in [2.24, 2.45) is 31.4 Å². The molecule has 2 aliphatic heterocycles. The first-order valence-corrected chi connectivity index (χ1v) is 9.85. The Labute approximate surface area is 179 Å². The SMILES string of the molecule is Cc1cocc1NC1=NC(CCN(C2=NC(C)N=C(N)N2)c2cocc2C)N=C(N)N1. The Kier molecular flexibility index (Phi) is 5.52. The fourth-order valence-corrected chi connectivity index (χ4v) is 3.27. The van der Waals surface area contributed by atoms with Gasteiger partial charge in [0.25, 0.3) is 0 Å². The lowest BCUT2D eigenvalue weighted by atomic mass is 10.2. The van der Waals surface area contributed by atoms with Crippen molar-refractivity contribution in [1.82, 2.24) is 10.6 Å². The number of anilines is 2. The van der Waals surface area contributed by atoms with E-state index < -0.39 is 6.17 Å². The first-order chi connectivity index (χ1) is 14.9. The van der Waals surface area contributed by atoms with Gasteiger partial charge in [-0.15, -0.1) is 0 Å². The van der Waals surface area contributed by atoms with Crippen molar-refractivity contribution < 1.29 is 8.83 Å². The molecule has 0 amide bonds. The van der Waals surface area contributed by atoms with Crippen LogP contribution >= 0.6 is 0 Å². The molecule has 12 heteroatoms. The summed E-state index contributed by atoms with van der Waals surface area (Å²) in [6.07, 6.45) is 6.50. The third-order valence-electron chi connectivity index (χ3n) is 4.78. The lowest BCUT2D eigenvalue weighted by Gasteiger charge is -2.29. The van der Waals surface area contributed by atoms with E-state index in [9.17, 15) is 0 Å². The smallest absolute Gasteiger partial charge is 0.207 e. The number of furan rings is 2. The topological polar surface area (TPSA) is 167 Å². The van der Waals surface area contributed by atoms with Crippen molar-refractivity contribution in [3.05, 3.63) is 36.2 Å². The predicted octanol–water partition coefficient (Wildman–Crippen LogP) is 1.02. The van der Waals surface area contributed by atoms with Crippen LogP contribution in [0.25, 0.3) is 0 Å². The molecule has 7 N–H and O–H groups in total. The summed E-state index contributed by atoms with van der Waals surface area (Å²) in [5, 5.41) is 9.15. The van der Waals surface area contributed by atoms with Crippen LogP contribution in [0.15, 0.2) is 53.9 Å². The van der Waals surface area contributed by atoms with Crippen LogP contribution < -0.4 is 32.3 Å². The average Bonchev–Trinajstić information content (AvgIpc) is 3.29. The van der Waals surface area contributed by atoms with Gasteiger partial charge in [-0.25, -0.2) is 20.0 Å². The summed E-state index contributed by atoms with van der Waals surface area (Å²) in [6.45, 7) is 6.30. The summed E-state index contributed by atoms with van der Waals surface area (Å²) < 4.78 is 10.6. The van der Waals surface area contributed by atoms with E-state index >= 15 is 0 Å². The molecule has 2 atom stereocenters. The number of hydrogen-bond acceptors (Lipinski definition) is 12. The normalized spacial score (nSPS) is 20.6. The molecular weight excluding hydrogens is 400 g/mol. The van der Waals surface area contributed by atoms with Crippen LogP contribution in [0.2, 0.25) is 0 Å². The molecule has 0 fully saturated rings. The van der Waals surface area contributed by atoms with E-state index in [0.717, 1.165) is 22.5 Å². The molecule has 0 spiro atoms. The zero-order chi connectivity index (χ0) is 22.0. The first kappa shape index (κ1) is 20.3. The third kappa shape index (κ3) is 4.63. The molecule has 2 aromatic heterocycles. The molecule has 4 heterocycles. The number of nitrogens with one attached hydrogen (secondary N) is 3. The standard InChI is InChI=1S/C19H26N10O2/c1-10-6-30-8-13(10)24-18-26-15(25-17(21)27-18)4-5-29(14-9-31-7-11(14)2)19-23-12(3)22-16(20)28-19/h6-9,12,15H,4-5H2,1-3H3,(H3,20,22,23,28)(H4,21,24,25,26,27). The molecule has 2 aliphatic rings. The monoisotopic (exact) mass is 426 g/mol. The van der Waals surface area contributed by atoms with Crippen molar-refractivity contribution in [2.45, 2.75) is 39.5 Å². The number of aliphatic imine (C=N–C) groups is 4. The van der Waals surface area contributed by atoms with Crippen molar-refractivity contribution in [3.63, 3.8) is 0 Å². The number of rotatable bonds is 5. The summed E-state index contributed by atoms with van der Waals surface area (Å²) in [6, 6.07) is 0. The van der Waals surface area contributed by atoms with Gasteiger partial charge in [0.1, 0.15) is 24.9 Å². The van der Waals surface area contributed by atoms with Gasteiger partial charge in [0, 0.05) is 24.1 Å². The van der Waals surface area contributed by atoms with Crippen LogP contribution in [-0.4, -0.2) is 42.7 Å². The number of nitrogens with zero attached hydrogens (tertiary/aromatic N) is 5. The predicted molar refractivity (Wildman–Crippen MR) is 120 cm³/mol. The third-order valence-corrected chi connectivity index (χ3v) is 4.78. The van der Waals surface area contributed by atoms with Gasteiger partial charge >= 0.3 is 0 Å². The van der Waals surface area contributed by atoms with E-state index in [1.165, 1.54) is 0 Å². The van der Waals surface area contributed by atoms with Crippen molar-refractivity contribution in [1.29, 1.82) is 0 Å². The van der Waals surface area contributed by atoms with Gasteiger partial charge in [0.2, 0.25) is 11.9 Å². The molecule has 0 aromatic carbocycles. The average molecular weight is 426 g/mol. The van der Waals surface area contributed by atoms with E-state index in [-0.39, 0.29) is 12.1 Å². The molecule has 4 rings (SSSR count). The quantitative estimate of drug-likeness (QED) is 0.472. The fourth-order valence-electron chi connectivity index (χ4n) is 3.27. The molecule has 31 heavy (non-hydrogen) atoms. The van der Waals surface area contributed by atoms with Gasteiger partial charge in [0.05, 0.1) is 23.9 Å². The van der Waals surface area contributed by atoms with Crippen LogP contribution in [0.5, 0.6) is 0 Å². The highest BCUT2D eigenvalue weighted by atomic mass is 16.3. The molecule has 0 saturated heterocycles. The molecular formula is C19H26N10O2. The lowest BCUT2D eigenvalue weighted by molar-refractivity contribution is 0.564. The van der Waals surface area contributed by atoms with Gasteiger partial charge in [0.15, 0.2) is 11.9 Å². The maximum atomic E-state index is 5.98. The lowest BCUT2D eigenvalue weighted by Crippen LogP contribution is -2.51. The molecule has 0 bridgehead atoms. The summed E-state index contributed by atoms with van der Waals surface area (Å²) in [7, 11) is 0. The summed E-state index contributed by atoms with van der Waals surface area (Å²) in [5.41, 5.74) is 15.5. The molecule has 12 nitrogen and oxygen atoms in total. The van der Waals surface area contributed by atoms with Gasteiger partial charge in [-0.2, -0.15) is 0 Å². The highest BCUT2D eigenvalue weighted by molar-refractivity contribution is 6.08. The molecule has 0 saturated carbocycles. The molecule has 2 unspecified atom stereocenters. The Morgan fingerprint density at radius 3 is 2.39 bits per heavy atom. The fraction of sp³-hybridized carbons (Fsp3) is 0.368. The molecule has 164 valence electrons. The number of guanidine groups is 4. The van der Waals surface area contributed by atoms with E-state index in [1.54, 1.807) is 25.1 Å². The second-order valence-electron chi connectivity index (χ2n) is 7.30. The van der Waals surface area contributed by atoms with E-state index in [0.29, 0.717) is 30.8 Å². The van der Waals surface area contributed by atoms with Crippen molar-refractivity contribution in [2.75, 3.05) is 16.8 Å². The Balaban J connectivity index is 1.52. The van der Waals surface area contributed by atoms with E-state index in [4.69, 9.17) is 20.3 Å². The number of hydrogen-bond donors (Lipinski definition) is 5. The van der Waals surface area contributed by atoms with Crippen LogP contribution in [0.3, 0.4) is 0 Å². The van der Waals surface area contributed by atoms with Crippen molar-refractivity contribution in [3.8, 4) is 0 Å². The van der Waals surface area contributed by atoms with E-state index in [1.807, 2.05) is 25.7 Å². The minimum Gasteiger partial charge on any atom is -0.470 e. The maximum absolute atomic E-state index is 5.98. The number of nitrogens with two attached hydrogens (primary N) is 2. The summed E-state index contributed by atoms with van der Waals surface area (Å²) in [5.74, 6) is 1.69. The molecule has 2 aromatic rings. The first-order valence-electron chi connectivity index (χ1n) is 9.85. The zero-order valence-electron chi connectivity index (χ0n) is 17.6. The van der Waals surface area contributed by atoms with Crippen LogP contribution in [0.4, 0.5) is 11.4 Å². The summed E-state index contributed by atoms with van der Waals surface area (Å²) >= 11 is 0. The second kappa shape index (κ2) is 8.42. The van der Waals surface area contributed by atoms with E-state index in [2.05, 4.69) is 35.9 Å². The minimum absolute atomic E-state index is 0.285. The second-order valence-corrected chi connectivity index (χ2v) is 7.30. The molecule has 0 radical (unpaired) electrons.